The lowest BCUT2D eigenvalue weighted by Gasteiger charge is -2.14. The largest absolute Gasteiger partial charge is 0.448 e. The molecule has 9 heteroatoms. The predicted octanol–water partition coefficient (Wildman–Crippen LogP) is 1.72. The molecule has 1 heterocycles. The molecule has 150 valence electrons. The molecule has 0 spiro atoms. The van der Waals surface area contributed by atoms with Crippen molar-refractivity contribution >= 4 is 28.7 Å². The third-order valence-corrected chi connectivity index (χ3v) is 4.18. The Balaban J connectivity index is 2.32. The van der Waals surface area contributed by atoms with Gasteiger partial charge in [0.2, 0.25) is 0 Å². The Kier molecular flexibility index (Phi) is 7.25. The van der Waals surface area contributed by atoms with E-state index in [-0.39, 0.29) is 11.3 Å². The Labute approximate surface area is 161 Å². The number of hydrogen-bond donors (Lipinski definition) is 2. The highest BCUT2D eigenvalue weighted by Gasteiger charge is 2.23. The molecule has 0 saturated heterocycles. The number of carbonyl (C=O) groups is 3. The Bertz CT molecular complexity index is 938. The lowest BCUT2D eigenvalue weighted by Crippen LogP contribution is -2.42. The van der Waals surface area contributed by atoms with E-state index in [2.05, 4.69) is 12.0 Å². The number of urea groups is 1. The van der Waals surface area contributed by atoms with E-state index >= 15 is 0 Å². The number of aryl methyl sites for hydroxylation is 1. The van der Waals surface area contributed by atoms with Gasteiger partial charge in [-0.25, -0.2) is 14.3 Å². The molecular weight excluding hydrogens is 364 g/mol. The third kappa shape index (κ3) is 5.15. The number of nitrogens with one attached hydrogen (secondary N) is 1. The number of nitrogens with two attached hydrogens (primary N) is 1. The van der Waals surface area contributed by atoms with Crippen LogP contribution in [0.5, 0.6) is 0 Å². The van der Waals surface area contributed by atoms with Crippen molar-refractivity contribution in [1.29, 1.82) is 0 Å². The molecule has 1 aromatic carbocycles. The van der Waals surface area contributed by atoms with Gasteiger partial charge in [0.05, 0.1) is 5.39 Å². The second kappa shape index (κ2) is 9.63. The Morgan fingerprint density at radius 2 is 1.86 bits per heavy atom. The molecule has 0 fully saturated rings. The first-order valence-corrected chi connectivity index (χ1v) is 9.16. The number of primary amides is 1. The standard InChI is InChI=1S/C19H24N4O5/c1-3-4-5-8-11-23-17(25)14-10-7-6-9-13(14)15(22-23)18(26)28-12(2)16(24)21-19(20)27/h6-7,9-10,12H,3-5,8,11H2,1-2H3,(H3,20,21,24,27). The van der Waals surface area contributed by atoms with Gasteiger partial charge in [0.15, 0.2) is 11.8 Å². The fourth-order valence-corrected chi connectivity index (χ4v) is 2.72. The minimum Gasteiger partial charge on any atom is -0.448 e. The van der Waals surface area contributed by atoms with Gasteiger partial charge in [0.1, 0.15) is 0 Å². The number of amides is 3. The van der Waals surface area contributed by atoms with Crippen LogP contribution in [0.25, 0.3) is 10.8 Å². The van der Waals surface area contributed by atoms with E-state index in [1.807, 2.05) is 5.32 Å². The minimum absolute atomic E-state index is 0.0654. The van der Waals surface area contributed by atoms with Gasteiger partial charge in [-0.05, 0) is 19.4 Å². The maximum absolute atomic E-state index is 12.7. The number of fused-ring (bicyclic) bond motifs is 1. The number of carbonyl (C=O) groups excluding carboxylic acids is 3. The molecule has 0 bridgehead atoms. The molecule has 0 aliphatic rings. The number of hydrogen-bond acceptors (Lipinski definition) is 6. The molecule has 0 radical (unpaired) electrons. The van der Waals surface area contributed by atoms with Crippen LogP contribution in [0.1, 0.15) is 50.0 Å². The fourth-order valence-electron chi connectivity index (χ4n) is 2.72. The summed E-state index contributed by atoms with van der Waals surface area (Å²) in [5, 5.41) is 6.70. The van der Waals surface area contributed by atoms with Gasteiger partial charge in [-0.2, -0.15) is 5.10 Å². The molecule has 2 rings (SSSR count). The van der Waals surface area contributed by atoms with Crippen LogP contribution >= 0.6 is 0 Å². The summed E-state index contributed by atoms with van der Waals surface area (Å²) in [7, 11) is 0. The molecule has 3 N–H and O–H groups in total. The van der Waals surface area contributed by atoms with Gasteiger partial charge >= 0.3 is 12.0 Å². The average Bonchev–Trinajstić information content (AvgIpc) is 2.66. The molecule has 0 aliphatic carbocycles. The number of ether oxygens (including phenoxy) is 1. The number of rotatable bonds is 8. The zero-order chi connectivity index (χ0) is 20.7. The quantitative estimate of drug-likeness (QED) is 0.522. The average molecular weight is 388 g/mol. The SMILES string of the molecule is CCCCCCn1nc(C(=O)OC(C)C(=O)NC(N)=O)c2ccccc2c1=O. The molecule has 0 aliphatic heterocycles. The molecule has 1 atom stereocenters. The first-order valence-electron chi connectivity index (χ1n) is 9.16. The van der Waals surface area contributed by atoms with Crippen LogP contribution in [0, 0.1) is 0 Å². The number of imide groups is 1. The molecular formula is C19H24N4O5. The van der Waals surface area contributed by atoms with Crippen molar-refractivity contribution < 1.29 is 19.1 Å². The van der Waals surface area contributed by atoms with Crippen LogP contribution in [0.15, 0.2) is 29.1 Å². The summed E-state index contributed by atoms with van der Waals surface area (Å²) in [6.07, 6.45) is 2.55. The number of nitrogens with zero attached hydrogens (tertiary/aromatic N) is 2. The summed E-state index contributed by atoms with van der Waals surface area (Å²) in [5.41, 5.74) is 4.54. The molecule has 9 nitrogen and oxygen atoms in total. The van der Waals surface area contributed by atoms with Gasteiger partial charge < -0.3 is 10.5 Å². The van der Waals surface area contributed by atoms with E-state index in [1.54, 1.807) is 24.3 Å². The van der Waals surface area contributed by atoms with Gasteiger partial charge in [0.25, 0.3) is 11.5 Å². The molecule has 2 aromatic rings. The normalized spacial score (nSPS) is 11.8. The maximum atomic E-state index is 12.7. The van der Waals surface area contributed by atoms with Crippen molar-refractivity contribution in [1.82, 2.24) is 15.1 Å². The smallest absolute Gasteiger partial charge is 0.360 e. The molecule has 1 aromatic heterocycles. The van der Waals surface area contributed by atoms with Gasteiger partial charge in [-0.15, -0.1) is 0 Å². The lowest BCUT2D eigenvalue weighted by atomic mass is 10.1. The van der Waals surface area contributed by atoms with Gasteiger partial charge in [-0.1, -0.05) is 44.4 Å². The Hall–Kier alpha value is -3.23. The first-order chi connectivity index (χ1) is 13.3. The highest BCUT2D eigenvalue weighted by Crippen LogP contribution is 2.15. The van der Waals surface area contributed by atoms with E-state index in [9.17, 15) is 19.2 Å². The van der Waals surface area contributed by atoms with Crippen molar-refractivity contribution in [2.75, 3.05) is 0 Å². The molecule has 0 saturated carbocycles. The van der Waals surface area contributed by atoms with E-state index < -0.39 is 24.0 Å². The van der Waals surface area contributed by atoms with Crippen molar-refractivity contribution in [3.05, 3.63) is 40.3 Å². The summed E-state index contributed by atoms with van der Waals surface area (Å²) in [4.78, 5) is 47.8. The van der Waals surface area contributed by atoms with Crippen LogP contribution in [0.4, 0.5) is 4.79 Å². The van der Waals surface area contributed by atoms with E-state index in [0.29, 0.717) is 17.3 Å². The summed E-state index contributed by atoms with van der Waals surface area (Å²) < 4.78 is 6.36. The molecule has 28 heavy (non-hydrogen) atoms. The van der Waals surface area contributed by atoms with Crippen LogP contribution < -0.4 is 16.6 Å². The van der Waals surface area contributed by atoms with Crippen LogP contribution in [-0.4, -0.2) is 33.8 Å². The zero-order valence-electron chi connectivity index (χ0n) is 15.9. The fraction of sp³-hybridized carbons (Fsp3) is 0.421. The summed E-state index contributed by atoms with van der Waals surface area (Å²) in [5.74, 6) is -1.72. The van der Waals surface area contributed by atoms with Crippen molar-refractivity contribution in [3.63, 3.8) is 0 Å². The zero-order valence-corrected chi connectivity index (χ0v) is 15.9. The van der Waals surface area contributed by atoms with Crippen molar-refractivity contribution in [2.24, 2.45) is 5.73 Å². The van der Waals surface area contributed by atoms with Crippen LogP contribution in [0.2, 0.25) is 0 Å². The third-order valence-electron chi connectivity index (χ3n) is 4.18. The Morgan fingerprint density at radius 3 is 2.50 bits per heavy atom. The second-order valence-corrected chi connectivity index (χ2v) is 6.38. The van der Waals surface area contributed by atoms with E-state index in [4.69, 9.17) is 10.5 Å². The highest BCUT2D eigenvalue weighted by atomic mass is 16.5. The van der Waals surface area contributed by atoms with Gasteiger partial charge in [-0.3, -0.25) is 14.9 Å². The first kappa shape index (κ1) is 21.1. The van der Waals surface area contributed by atoms with Gasteiger partial charge in [0, 0.05) is 11.9 Å². The Morgan fingerprint density at radius 1 is 1.18 bits per heavy atom. The van der Waals surface area contributed by atoms with Crippen LogP contribution in [-0.2, 0) is 16.1 Å². The van der Waals surface area contributed by atoms with Crippen molar-refractivity contribution in [2.45, 2.75) is 52.2 Å². The molecule has 3 amide bonds. The highest BCUT2D eigenvalue weighted by molar-refractivity contribution is 6.03. The maximum Gasteiger partial charge on any atom is 0.360 e. The topological polar surface area (TPSA) is 133 Å². The number of aromatic nitrogens is 2. The number of benzene rings is 1. The number of esters is 1. The minimum atomic E-state index is -1.26. The summed E-state index contributed by atoms with van der Waals surface area (Å²) >= 11 is 0. The molecule has 1 unspecified atom stereocenters. The van der Waals surface area contributed by atoms with E-state index in [1.165, 1.54) is 11.6 Å². The second-order valence-electron chi connectivity index (χ2n) is 6.38. The summed E-state index contributed by atoms with van der Waals surface area (Å²) in [6, 6.07) is 5.54. The lowest BCUT2D eigenvalue weighted by molar-refractivity contribution is -0.127. The summed E-state index contributed by atoms with van der Waals surface area (Å²) in [6.45, 7) is 3.77. The van der Waals surface area contributed by atoms with Crippen LogP contribution in [0.3, 0.4) is 0 Å². The van der Waals surface area contributed by atoms with Crippen molar-refractivity contribution in [3.8, 4) is 0 Å². The monoisotopic (exact) mass is 388 g/mol. The van der Waals surface area contributed by atoms with E-state index in [0.717, 1.165) is 25.7 Å². The predicted molar refractivity (Wildman–Crippen MR) is 103 cm³/mol. The number of unbranched alkanes of at least 4 members (excludes halogenated alkanes) is 3.